The normalized spacial score (nSPS) is 19.2. The lowest BCUT2D eigenvalue weighted by molar-refractivity contribution is -0.121. The third-order valence-corrected chi connectivity index (χ3v) is 7.14. The Hall–Kier alpha value is -3.68. The van der Waals surface area contributed by atoms with E-state index in [9.17, 15) is 9.59 Å². The van der Waals surface area contributed by atoms with E-state index in [0.29, 0.717) is 36.8 Å². The van der Waals surface area contributed by atoms with Crippen LogP contribution < -0.4 is 20.3 Å². The molecule has 0 spiro atoms. The number of benzene rings is 3. The van der Waals surface area contributed by atoms with Gasteiger partial charge in [-0.15, -0.1) is 0 Å². The molecule has 0 radical (unpaired) electrons. The second-order valence-electron chi connectivity index (χ2n) is 9.55. The molecule has 1 fully saturated rings. The standard InChI is InChI=1S/C30H33N3O4/c1-36-16-6-15-33-27-18-24(11-12-28(27)37-20-29(33)34)32-30(35)26-19-31-14-13-25(26)23-10-5-9-22(17-23)21-7-3-2-4-8-21/h2-5,7-12,17-18,25-26,31H,6,13-16,19-20H2,1H3,(H,32,35)/t25-,26+/m1/s1. The van der Waals surface area contributed by atoms with Gasteiger partial charge in [-0.25, -0.2) is 0 Å². The molecule has 37 heavy (non-hydrogen) atoms. The summed E-state index contributed by atoms with van der Waals surface area (Å²) in [5.41, 5.74) is 4.83. The zero-order valence-corrected chi connectivity index (χ0v) is 21.1. The monoisotopic (exact) mass is 499 g/mol. The van der Waals surface area contributed by atoms with E-state index in [1.807, 2.05) is 36.4 Å². The number of ether oxygens (including phenoxy) is 2. The molecular formula is C30H33N3O4. The molecule has 2 aliphatic heterocycles. The summed E-state index contributed by atoms with van der Waals surface area (Å²) in [4.78, 5) is 27.8. The molecule has 2 atom stereocenters. The van der Waals surface area contributed by atoms with E-state index in [0.717, 1.165) is 24.9 Å². The Morgan fingerprint density at radius 3 is 2.76 bits per heavy atom. The van der Waals surface area contributed by atoms with Crippen LogP contribution in [0.2, 0.25) is 0 Å². The van der Waals surface area contributed by atoms with Crippen LogP contribution in [0.15, 0.2) is 72.8 Å². The molecule has 2 aliphatic rings. The van der Waals surface area contributed by atoms with Crippen LogP contribution in [0.4, 0.5) is 11.4 Å². The predicted octanol–water partition coefficient (Wildman–Crippen LogP) is 4.45. The van der Waals surface area contributed by atoms with E-state index in [1.54, 1.807) is 12.0 Å². The largest absolute Gasteiger partial charge is 0.482 e. The Bertz CT molecular complexity index is 1250. The lowest BCUT2D eigenvalue weighted by atomic mass is 9.80. The molecule has 0 unspecified atom stereocenters. The fourth-order valence-electron chi connectivity index (χ4n) is 5.24. The highest BCUT2D eigenvalue weighted by atomic mass is 16.5. The number of piperidine rings is 1. The lowest BCUT2D eigenvalue weighted by Gasteiger charge is -2.32. The van der Waals surface area contributed by atoms with Gasteiger partial charge in [-0.05, 0) is 60.2 Å². The molecule has 1 saturated heterocycles. The lowest BCUT2D eigenvalue weighted by Crippen LogP contribution is -2.42. The van der Waals surface area contributed by atoms with Gasteiger partial charge in [0.05, 0.1) is 11.6 Å². The van der Waals surface area contributed by atoms with Crippen molar-refractivity contribution in [3.8, 4) is 16.9 Å². The first-order valence-electron chi connectivity index (χ1n) is 12.9. The van der Waals surface area contributed by atoms with Gasteiger partial charge in [0, 0.05) is 32.5 Å². The van der Waals surface area contributed by atoms with Gasteiger partial charge >= 0.3 is 0 Å². The second-order valence-corrected chi connectivity index (χ2v) is 9.55. The van der Waals surface area contributed by atoms with Crippen LogP contribution in [0.25, 0.3) is 11.1 Å². The van der Waals surface area contributed by atoms with Crippen LogP contribution in [-0.2, 0) is 14.3 Å². The van der Waals surface area contributed by atoms with Crippen LogP contribution in [-0.4, -0.2) is 51.8 Å². The van der Waals surface area contributed by atoms with Crippen LogP contribution in [0.5, 0.6) is 5.75 Å². The average molecular weight is 500 g/mol. The first-order valence-corrected chi connectivity index (χ1v) is 12.9. The summed E-state index contributed by atoms with van der Waals surface area (Å²) in [5, 5.41) is 6.51. The van der Waals surface area contributed by atoms with Gasteiger partial charge in [0.2, 0.25) is 5.91 Å². The van der Waals surface area contributed by atoms with Gasteiger partial charge in [0.25, 0.3) is 5.91 Å². The van der Waals surface area contributed by atoms with E-state index in [1.165, 1.54) is 11.1 Å². The molecule has 0 bridgehead atoms. The summed E-state index contributed by atoms with van der Waals surface area (Å²) in [6, 6.07) is 24.3. The molecule has 3 aromatic carbocycles. The molecule has 0 saturated carbocycles. The molecule has 5 rings (SSSR count). The highest BCUT2D eigenvalue weighted by Gasteiger charge is 2.33. The fraction of sp³-hybridized carbons (Fsp3) is 0.333. The summed E-state index contributed by atoms with van der Waals surface area (Å²) in [7, 11) is 1.65. The number of nitrogens with one attached hydrogen (secondary N) is 2. The maximum atomic E-state index is 13.6. The molecule has 2 heterocycles. The van der Waals surface area contributed by atoms with Crippen molar-refractivity contribution in [2.45, 2.75) is 18.8 Å². The Balaban J connectivity index is 1.35. The number of rotatable bonds is 8. The molecule has 192 valence electrons. The first-order chi connectivity index (χ1) is 18.1. The Kier molecular flexibility index (Phi) is 7.82. The minimum atomic E-state index is -0.216. The molecule has 2 amide bonds. The maximum Gasteiger partial charge on any atom is 0.265 e. The van der Waals surface area contributed by atoms with Gasteiger partial charge in [0.1, 0.15) is 5.75 Å². The second kappa shape index (κ2) is 11.6. The topological polar surface area (TPSA) is 79.9 Å². The summed E-state index contributed by atoms with van der Waals surface area (Å²) in [6.45, 7) is 2.61. The van der Waals surface area contributed by atoms with Crippen molar-refractivity contribution < 1.29 is 19.1 Å². The Morgan fingerprint density at radius 1 is 1.08 bits per heavy atom. The maximum absolute atomic E-state index is 13.6. The van der Waals surface area contributed by atoms with E-state index >= 15 is 0 Å². The zero-order valence-electron chi connectivity index (χ0n) is 21.1. The van der Waals surface area contributed by atoms with Gasteiger partial charge in [-0.2, -0.15) is 0 Å². The SMILES string of the molecule is COCCCN1C(=O)COc2ccc(NC(=O)[C@H]3CNCC[C@@H]3c3cccc(-c4ccccc4)c3)cc21. The zero-order chi connectivity index (χ0) is 25.6. The molecule has 0 aliphatic carbocycles. The van der Waals surface area contributed by atoms with Crippen molar-refractivity contribution in [1.82, 2.24) is 5.32 Å². The van der Waals surface area contributed by atoms with Crippen molar-refractivity contribution in [2.75, 3.05) is 50.2 Å². The summed E-state index contributed by atoms with van der Waals surface area (Å²) in [5.74, 6) is 0.410. The molecule has 7 heteroatoms. The smallest absolute Gasteiger partial charge is 0.265 e. The predicted molar refractivity (Wildman–Crippen MR) is 145 cm³/mol. The van der Waals surface area contributed by atoms with E-state index < -0.39 is 0 Å². The fourth-order valence-corrected chi connectivity index (χ4v) is 5.24. The minimum Gasteiger partial charge on any atom is -0.482 e. The number of fused-ring (bicyclic) bond motifs is 1. The quantitative estimate of drug-likeness (QED) is 0.448. The van der Waals surface area contributed by atoms with E-state index in [-0.39, 0.29) is 30.3 Å². The number of methoxy groups -OCH3 is 1. The average Bonchev–Trinajstić information content (AvgIpc) is 2.95. The van der Waals surface area contributed by atoms with Gasteiger partial charge in [0.15, 0.2) is 6.61 Å². The van der Waals surface area contributed by atoms with Crippen LogP contribution in [0.1, 0.15) is 24.3 Å². The van der Waals surface area contributed by atoms with Crippen molar-refractivity contribution in [1.29, 1.82) is 0 Å². The van der Waals surface area contributed by atoms with Crippen LogP contribution in [0.3, 0.4) is 0 Å². The van der Waals surface area contributed by atoms with Crippen molar-refractivity contribution in [3.05, 3.63) is 78.4 Å². The van der Waals surface area contributed by atoms with Gasteiger partial charge < -0.3 is 25.0 Å². The Labute approximate surface area is 217 Å². The minimum absolute atomic E-state index is 0.0170. The highest BCUT2D eigenvalue weighted by Crippen LogP contribution is 2.36. The Morgan fingerprint density at radius 2 is 1.92 bits per heavy atom. The van der Waals surface area contributed by atoms with Crippen molar-refractivity contribution in [3.63, 3.8) is 0 Å². The van der Waals surface area contributed by atoms with Crippen molar-refractivity contribution in [2.24, 2.45) is 5.92 Å². The van der Waals surface area contributed by atoms with E-state index in [2.05, 4.69) is 47.0 Å². The molecular weight excluding hydrogens is 466 g/mol. The summed E-state index contributed by atoms with van der Waals surface area (Å²) < 4.78 is 10.8. The van der Waals surface area contributed by atoms with Crippen molar-refractivity contribution >= 4 is 23.2 Å². The van der Waals surface area contributed by atoms with Crippen LogP contribution in [0, 0.1) is 5.92 Å². The third kappa shape index (κ3) is 5.68. The molecule has 3 aromatic rings. The van der Waals surface area contributed by atoms with Gasteiger partial charge in [-0.3, -0.25) is 9.59 Å². The number of nitrogens with zero attached hydrogens (tertiary/aromatic N) is 1. The van der Waals surface area contributed by atoms with Gasteiger partial charge in [-0.1, -0.05) is 54.6 Å². The number of hydrogen-bond acceptors (Lipinski definition) is 5. The number of carbonyl (C=O) groups is 2. The number of carbonyl (C=O) groups excluding carboxylic acids is 2. The number of anilines is 2. The summed E-state index contributed by atoms with van der Waals surface area (Å²) >= 11 is 0. The summed E-state index contributed by atoms with van der Waals surface area (Å²) in [6.07, 6.45) is 1.60. The van der Waals surface area contributed by atoms with Crippen LogP contribution >= 0.6 is 0 Å². The first kappa shape index (κ1) is 25.0. The highest BCUT2D eigenvalue weighted by molar-refractivity contribution is 6.00. The molecule has 0 aromatic heterocycles. The third-order valence-electron chi connectivity index (χ3n) is 7.14. The molecule has 7 nitrogen and oxygen atoms in total. The molecule has 2 N–H and O–H groups in total. The number of amides is 2. The number of hydrogen-bond donors (Lipinski definition) is 2. The van der Waals surface area contributed by atoms with E-state index in [4.69, 9.17) is 9.47 Å².